The van der Waals surface area contributed by atoms with E-state index in [1.165, 1.54) is 89.0 Å². The predicted molar refractivity (Wildman–Crippen MR) is 258 cm³/mol. The lowest BCUT2D eigenvalue weighted by Crippen LogP contribution is -2.61. The van der Waals surface area contributed by atoms with Gasteiger partial charge >= 0.3 is 0 Å². The third-order valence-electron chi connectivity index (χ3n) is 13.7. The van der Waals surface area contributed by atoms with Crippen molar-refractivity contribution in [1.82, 2.24) is 4.57 Å². The molecular formula is C55H56BN3O. The second kappa shape index (κ2) is 11.8. The van der Waals surface area contributed by atoms with Crippen molar-refractivity contribution in [2.45, 2.75) is 112 Å². The Labute approximate surface area is 355 Å². The Kier molecular flexibility index (Phi) is 7.33. The quantitative estimate of drug-likeness (QED) is 0.155. The van der Waals surface area contributed by atoms with Crippen molar-refractivity contribution in [3.63, 3.8) is 0 Å². The van der Waals surface area contributed by atoms with Crippen LogP contribution in [-0.2, 0) is 21.7 Å². The molecule has 0 radical (unpaired) electrons. The second-order valence-electron chi connectivity index (χ2n) is 22.1. The molecule has 0 N–H and O–H groups in total. The zero-order valence-electron chi connectivity index (χ0n) is 37.6. The average Bonchev–Trinajstić information content (AvgIpc) is 3.71. The molecule has 0 spiro atoms. The Morgan fingerprint density at radius 3 is 1.72 bits per heavy atom. The summed E-state index contributed by atoms with van der Waals surface area (Å²) in [4.78, 5) is 5.15. The summed E-state index contributed by atoms with van der Waals surface area (Å²) in [5.41, 5.74) is 22.0. The topological polar surface area (TPSA) is 24.6 Å². The first kappa shape index (κ1) is 37.3. The molecule has 300 valence electrons. The lowest BCUT2D eigenvalue weighted by atomic mass is 9.35. The number of nitrogens with zero attached hydrogens (tertiary/aromatic N) is 3. The molecule has 0 fully saturated rings. The molecule has 0 atom stereocenters. The van der Waals surface area contributed by atoms with Crippen LogP contribution in [-0.4, -0.2) is 11.3 Å². The molecule has 3 aliphatic heterocycles. The Morgan fingerprint density at radius 2 is 1.07 bits per heavy atom. The average molecular weight is 786 g/mol. The van der Waals surface area contributed by atoms with E-state index in [2.05, 4.69) is 208 Å². The summed E-state index contributed by atoms with van der Waals surface area (Å²) in [7, 11) is 0. The van der Waals surface area contributed by atoms with Crippen molar-refractivity contribution in [3.05, 3.63) is 131 Å². The fourth-order valence-corrected chi connectivity index (χ4v) is 10.4. The second-order valence-corrected chi connectivity index (χ2v) is 22.1. The molecule has 5 heterocycles. The summed E-state index contributed by atoms with van der Waals surface area (Å²) < 4.78 is 9.84. The van der Waals surface area contributed by atoms with Crippen molar-refractivity contribution in [2.24, 2.45) is 0 Å². The molecule has 6 aromatic carbocycles. The van der Waals surface area contributed by atoms with Gasteiger partial charge in [-0.2, -0.15) is 0 Å². The monoisotopic (exact) mass is 785 g/mol. The fourth-order valence-electron chi connectivity index (χ4n) is 10.4. The van der Waals surface area contributed by atoms with Crippen LogP contribution in [0, 0.1) is 6.92 Å². The molecule has 3 aliphatic rings. The van der Waals surface area contributed by atoms with Gasteiger partial charge in [-0.15, -0.1) is 0 Å². The van der Waals surface area contributed by atoms with E-state index in [0.717, 1.165) is 28.0 Å². The molecule has 8 aromatic rings. The maximum atomic E-state index is 7.28. The molecule has 5 heteroatoms. The Balaban J connectivity index is 1.28. The van der Waals surface area contributed by atoms with Gasteiger partial charge in [0, 0.05) is 33.2 Å². The number of benzene rings is 6. The van der Waals surface area contributed by atoms with Crippen LogP contribution in [0.5, 0.6) is 0 Å². The minimum Gasteiger partial charge on any atom is -0.468 e. The van der Waals surface area contributed by atoms with Gasteiger partial charge < -0.3 is 18.8 Å². The number of para-hydroxylation sites is 1. The SMILES string of the molecule is Cc1cc2c3c(c1)N1c4c(cccc4-n4c5ccc(C(C)(C)C)cc5c5cc(C(C)(C)C)cc1c54)B3c1oc3ccc(C(C)(C)C)cc3c1N2c1ccc(C(C)(C)C)cc1. The minimum atomic E-state index is -0.107. The van der Waals surface area contributed by atoms with Crippen molar-refractivity contribution in [1.29, 1.82) is 0 Å². The number of aryl methyl sites for hydroxylation is 1. The zero-order chi connectivity index (χ0) is 42.2. The highest BCUT2D eigenvalue weighted by molar-refractivity contribution is 7.00. The normalized spacial score (nSPS) is 14.7. The van der Waals surface area contributed by atoms with Crippen LogP contribution < -0.4 is 26.4 Å². The number of fused-ring (bicyclic) bond motifs is 11. The van der Waals surface area contributed by atoms with Crippen LogP contribution in [0.3, 0.4) is 0 Å². The van der Waals surface area contributed by atoms with Gasteiger partial charge in [-0.25, -0.2) is 0 Å². The Bertz CT molecular complexity index is 3150. The standard InChI is InChI=1S/C55H56BN3O/c1-31-25-43-47-44(26-31)59-45-30-35(55(11,12)13)29-38-37-27-33(53(5,6)7)19-23-41(37)58(48(38)45)42-16-14-15-40(50(42)59)56(47)51-49(39-28-34(54(8,9)10)20-24-46(39)60-51)57(43)36-21-17-32(18-22-36)52(2,3)4/h14-30H,1-13H3. The predicted octanol–water partition coefficient (Wildman–Crippen LogP) is 13.4. The fraction of sp³-hybridized carbons (Fsp3) is 0.309. The molecule has 0 aliphatic carbocycles. The van der Waals surface area contributed by atoms with E-state index >= 15 is 0 Å². The number of hydrogen-bond donors (Lipinski definition) is 0. The summed E-state index contributed by atoms with van der Waals surface area (Å²) in [6, 6.07) is 40.1. The number of hydrogen-bond acceptors (Lipinski definition) is 3. The van der Waals surface area contributed by atoms with Gasteiger partial charge in [0.25, 0.3) is 6.71 Å². The molecule has 0 saturated carbocycles. The third kappa shape index (κ3) is 5.10. The molecule has 0 saturated heterocycles. The molecule has 60 heavy (non-hydrogen) atoms. The smallest absolute Gasteiger partial charge is 0.297 e. The zero-order valence-corrected chi connectivity index (χ0v) is 37.6. The highest BCUT2D eigenvalue weighted by atomic mass is 16.3. The lowest BCUT2D eigenvalue weighted by molar-refractivity contribution is 0.590. The first-order chi connectivity index (χ1) is 28.2. The molecule has 0 bridgehead atoms. The van der Waals surface area contributed by atoms with Gasteiger partial charge in [0.05, 0.1) is 39.4 Å². The van der Waals surface area contributed by atoms with Gasteiger partial charge in [0.1, 0.15) is 5.58 Å². The van der Waals surface area contributed by atoms with E-state index in [1.54, 1.807) is 0 Å². The van der Waals surface area contributed by atoms with Gasteiger partial charge in [-0.1, -0.05) is 119 Å². The number of furan rings is 1. The van der Waals surface area contributed by atoms with E-state index in [0.29, 0.717) is 0 Å². The summed E-state index contributed by atoms with van der Waals surface area (Å²) in [6.45, 7) is 29.9. The van der Waals surface area contributed by atoms with Crippen molar-refractivity contribution in [2.75, 3.05) is 9.80 Å². The first-order valence-electron chi connectivity index (χ1n) is 21.9. The summed E-state index contributed by atoms with van der Waals surface area (Å²) >= 11 is 0. The highest BCUT2D eigenvalue weighted by Gasteiger charge is 2.49. The Hall–Kier alpha value is -5.68. The number of aromatic nitrogens is 1. The van der Waals surface area contributed by atoms with E-state index < -0.39 is 0 Å². The molecule has 0 unspecified atom stereocenters. The maximum absolute atomic E-state index is 7.28. The molecule has 2 aromatic heterocycles. The van der Waals surface area contributed by atoms with E-state index in [-0.39, 0.29) is 28.4 Å². The van der Waals surface area contributed by atoms with E-state index in [4.69, 9.17) is 4.42 Å². The largest absolute Gasteiger partial charge is 0.468 e. The Morgan fingerprint density at radius 1 is 0.483 bits per heavy atom. The van der Waals surface area contributed by atoms with Crippen molar-refractivity contribution < 1.29 is 4.42 Å². The maximum Gasteiger partial charge on any atom is 0.297 e. The minimum absolute atomic E-state index is 0.0183. The van der Waals surface area contributed by atoms with E-state index in [1.807, 2.05) is 0 Å². The first-order valence-corrected chi connectivity index (χ1v) is 21.9. The van der Waals surface area contributed by atoms with Gasteiger partial charge in [-0.05, 0) is 134 Å². The number of rotatable bonds is 1. The van der Waals surface area contributed by atoms with Gasteiger partial charge in [0.15, 0.2) is 0 Å². The van der Waals surface area contributed by atoms with Crippen LogP contribution in [0.15, 0.2) is 108 Å². The van der Waals surface area contributed by atoms with Gasteiger partial charge in [-0.3, -0.25) is 0 Å². The van der Waals surface area contributed by atoms with Crippen LogP contribution in [0.25, 0.3) is 38.5 Å². The highest BCUT2D eigenvalue weighted by Crippen LogP contribution is 2.54. The lowest BCUT2D eigenvalue weighted by Gasteiger charge is -2.45. The van der Waals surface area contributed by atoms with Crippen LogP contribution >= 0.6 is 0 Å². The van der Waals surface area contributed by atoms with Crippen LogP contribution in [0.4, 0.5) is 34.1 Å². The van der Waals surface area contributed by atoms with E-state index in [9.17, 15) is 0 Å². The van der Waals surface area contributed by atoms with Crippen molar-refractivity contribution in [3.8, 4) is 5.69 Å². The van der Waals surface area contributed by atoms with Gasteiger partial charge in [0.2, 0.25) is 0 Å². The summed E-state index contributed by atoms with van der Waals surface area (Å²) in [5.74, 6) is 0. The molecular weight excluding hydrogens is 729 g/mol. The molecule has 11 rings (SSSR count). The molecule has 4 nitrogen and oxygen atoms in total. The summed E-state index contributed by atoms with van der Waals surface area (Å²) in [6.07, 6.45) is 0. The number of anilines is 6. The van der Waals surface area contributed by atoms with Crippen LogP contribution in [0.2, 0.25) is 0 Å². The van der Waals surface area contributed by atoms with Crippen molar-refractivity contribution >= 4 is 90.2 Å². The summed E-state index contributed by atoms with van der Waals surface area (Å²) in [5, 5.41) is 3.78. The third-order valence-corrected chi connectivity index (χ3v) is 13.7. The van der Waals surface area contributed by atoms with Crippen LogP contribution in [0.1, 0.15) is 111 Å². The molecule has 0 amide bonds.